The molecule has 0 spiro atoms. The fraction of sp³-hybridized carbons (Fsp3) is 0.375. The Kier molecular flexibility index (Phi) is 8.86. The summed E-state index contributed by atoms with van der Waals surface area (Å²) in [6, 6.07) is 7.97. The number of aryl methyl sites for hydroxylation is 1. The highest BCUT2D eigenvalue weighted by Crippen LogP contribution is 2.16. The molecule has 1 atom stereocenters. The zero-order valence-corrected chi connectivity index (χ0v) is 17.4. The van der Waals surface area contributed by atoms with Crippen LogP contribution in [0, 0.1) is 0 Å². The molecule has 0 aliphatic heterocycles. The van der Waals surface area contributed by atoms with Crippen molar-refractivity contribution in [1.82, 2.24) is 15.6 Å². The van der Waals surface area contributed by atoms with Crippen LogP contribution in [0.1, 0.15) is 35.3 Å². The van der Waals surface area contributed by atoms with Gasteiger partial charge in [0.25, 0.3) is 0 Å². The van der Waals surface area contributed by atoms with Crippen LogP contribution < -0.4 is 10.6 Å². The van der Waals surface area contributed by atoms with E-state index in [1.807, 2.05) is 30.5 Å². The standard InChI is InChI=1S/C16H21ClN4S.HI/c1-4-14-9-19-15(22-14)10-20-16(18-3)21-11(2)12-5-7-13(17)8-6-12;/h5-9,11H,4,10H2,1-3H3,(H2,18,20,21);1H. The fourth-order valence-electron chi connectivity index (χ4n) is 1.99. The highest BCUT2D eigenvalue weighted by Gasteiger charge is 2.08. The maximum Gasteiger partial charge on any atom is 0.191 e. The van der Waals surface area contributed by atoms with E-state index in [-0.39, 0.29) is 30.0 Å². The molecule has 0 aliphatic rings. The molecular weight excluding hydrogens is 443 g/mol. The van der Waals surface area contributed by atoms with Gasteiger partial charge in [0.05, 0.1) is 12.6 Å². The average molecular weight is 465 g/mol. The number of nitrogens with one attached hydrogen (secondary N) is 2. The van der Waals surface area contributed by atoms with Crippen molar-refractivity contribution in [3.8, 4) is 0 Å². The van der Waals surface area contributed by atoms with Crippen molar-refractivity contribution >= 4 is 52.9 Å². The first kappa shape index (κ1) is 20.2. The van der Waals surface area contributed by atoms with E-state index in [9.17, 15) is 0 Å². The van der Waals surface area contributed by atoms with E-state index in [1.54, 1.807) is 18.4 Å². The number of aromatic nitrogens is 1. The Hall–Kier alpha value is -0.860. The van der Waals surface area contributed by atoms with Crippen LogP contribution in [0.4, 0.5) is 0 Å². The summed E-state index contributed by atoms with van der Waals surface area (Å²) in [7, 11) is 1.77. The quantitative estimate of drug-likeness (QED) is 0.392. The summed E-state index contributed by atoms with van der Waals surface area (Å²) in [5.41, 5.74) is 1.16. The van der Waals surface area contributed by atoms with Crippen molar-refractivity contribution < 1.29 is 0 Å². The van der Waals surface area contributed by atoms with Crippen LogP contribution in [-0.2, 0) is 13.0 Å². The van der Waals surface area contributed by atoms with Crippen molar-refractivity contribution in [2.75, 3.05) is 7.05 Å². The predicted octanol–water partition coefficient (Wildman–Crippen LogP) is 4.40. The summed E-state index contributed by atoms with van der Waals surface area (Å²) in [5, 5.41) is 8.47. The summed E-state index contributed by atoms with van der Waals surface area (Å²) < 4.78 is 0. The van der Waals surface area contributed by atoms with Gasteiger partial charge in [0, 0.05) is 23.1 Å². The highest BCUT2D eigenvalue weighted by molar-refractivity contribution is 14.0. The van der Waals surface area contributed by atoms with E-state index < -0.39 is 0 Å². The Bertz CT molecular complexity index is 627. The molecule has 0 fully saturated rings. The fourth-order valence-corrected chi connectivity index (χ4v) is 2.92. The molecular formula is C16H22ClIN4S. The number of guanidine groups is 1. The zero-order valence-electron chi connectivity index (χ0n) is 13.5. The maximum absolute atomic E-state index is 5.92. The van der Waals surface area contributed by atoms with Gasteiger partial charge in [-0.2, -0.15) is 0 Å². The third-order valence-corrected chi connectivity index (χ3v) is 4.70. The second-order valence-electron chi connectivity index (χ2n) is 4.92. The van der Waals surface area contributed by atoms with Gasteiger partial charge in [0.1, 0.15) is 5.01 Å². The van der Waals surface area contributed by atoms with Crippen molar-refractivity contribution in [1.29, 1.82) is 0 Å². The van der Waals surface area contributed by atoms with Gasteiger partial charge in [0.15, 0.2) is 5.96 Å². The normalized spacial score (nSPS) is 12.4. The molecule has 1 aromatic heterocycles. The highest BCUT2D eigenvalue weighted by atomic mass is 127. The Morgan fingerprint density at radius 2 is 2.04 bits per heavy atom. The van der Waals surface area contributed by atoms with Gasteiger partial charge in [-0.1, -0.05) is 30.7 Å². The molecule has 23 heavy (non-hydrogen) atoms. The number of aliphatic imine (C=N–C) groups is 1. The van der Waals surface area contributed by atoms with Crippen LogP contribution >= 0.6 is 46.9 Å². The number of hydrogen-bond acceptors (Lipinski definition) is 3. The maximum atomic E-state index is 5.92. The summed E-state index contributed by atoms with van der Waals surface area (Å²) in [4.78, 5) is 9.96. The van der Waals surface area contributed by atoms with Crippen LogP contribution in [0.3, 0.4) is 0 Å². The van der Waals surface area contributed by atoms with Gasteiger partial charge in [-0.05, 0) is 31.0 Å². The molecule has 1 unspecified atom stereocenters. The minimum Gasteiger partial charge on any atom is -0.350 e. The molecule has 1 aromatic carbocycles. The van der Waals surface area contributed by atoms with Crippen molar-refractivity contribution in [2.24, 2.45) is 4.99 Å². The number of thiazole rings is 1. The minimum absolute atomic E-state index is 0. The number of benzene rings is 1. The number of nitrogens with zero attached hydrogens (tertiary/aromatic N) is 2. The van der Waals surface area contributed by atoms with Crippen LogP contribution in [0.2, 0.25) is 5.02 Å². The predicted molar refractivity (Wildman–Crippen MR) is 110 cm³/mol. The van der Waals surface area contributed by atoms with E-state index in [0.29, 0.717) is 6.54 Å². The van der Waals surface area contributed by atoms with Gasteiger partial charge in [-0.25, -0.2) is 4.98 Å². The van der Waals surface area contributed by atoms with Gasteiger partial charge >= 0.3 is 0 Å². The van der Waals surface area contributed by atoms with Crippen molar-refractivity contribution in [3.63, 3.8) is 0 Å². The van der Waals surface area contributed by atoms with Crippen molar-refractivity contribution in [2.45, 2.75) is 32.9 Å². The molecule has 0 radical (unpaired) electrons. The molecule has 2 rings (SSSR count). The Morgan fingerprint density at radius 1 is 1.35 bits per heavy atom. The Morgan fingerprint density at radius 3 is 2.61 bits per heavy atom. The molecule has 1 heterocycles. The van der Waals surface area contributed by atoms with Gasteiger partial charge in [0.2, 0.25) is 0 Å². The van der Waals surface area contributed by atoms with E-state index in [1.165, 1.54) is 4.88 Å². The first-order valence-electron chi connectivity index (χ1n) is 7.28. The number of halogens is 2. The average Bonchev–Trinajstić information content (AvgIpc) is 3.00. The summed E-state index contributed by atoms with van der Waals surface area (Å²) >= 11 is 7.65. The zero-order chi connectivity index (χ0) is 15.9. The Labute approximate surface area is 163 Å². The first-order valence-corrected chi connectivity index (χ1v) is 8.48. The second-order valence-corrected chi connectivity index (χ2v) is 6.55. The third-order valence-electron chi connectivity index (χ3n) is 3.30. The van der Waals surface area contributed by atoms with Crippen LogP contribution in [-0.4, -0.2) is 18.0 Å². The lowest BCUT2D eigenvalue weighted by molar-refractivity contribution is 0.685. The van der Waals surface area contributed by atoms with E-state index >= 15 is 0 Å². The molecule has 0 saturated heterocycles. The van der Waals surface area contributed by atoms with Gasteiger partial charge in [-0.15, -0.1) is 35.3 Å². The monoisotopic (exact) mass is 464 g/mol. The molecule has 0 amide bonds. The largest absolute Gasteiger partial charge is 0.350 e. The second kappa shape index (κ2) is 10.1. The van der Waals surface area contributed by atoms with Crippen LogP contribution in [0.25, 0.3) is 0 Å². The molecule has 126 valence electrons. The van der Waals surface area contributed by atoms with E-state index in [0.717, 1.165) is 28.0 Å². The van der Waals surface area contributed by atoms with Gasteiger partial charge in [-0.3, -0.25) is 4.99 Å². The minimum atomic E-state index is 0. The van der Waals surface area contributed by atoms with E-state index in [2.05, 4.69) is 34.5 Å². The SMILES string of the molecule is CCc1cnc(CNC(=NC)NC(C)c2ccc(Cl)cc2)s1.I. The summed E-state index contributed by atoms with van der Waals surface area (Å²) in [6.07, 6.45) is 2.96. The molecule has 2 N–H and O–H groups in total. The lowest BCUT2D eigenvalue weighted by Crippen LogP contribution is -2.38. The summed E-state index contributed by atoms with van der Waals surface area (Å²) in [6.45, 7) is 4.91. The lowest BCUT2D eigenvalue weighted by Gasteiger charge is -2.18. The van der Waals surface area contributed by atoms with Crippen molar-refractivity contribution in [3.05, 3.63) is 50.9 Å². The van der Waals surface area contributed by atoms with Crippen LogP contribution in [0.15, 0.2) is 35.5 Å². The molecule has 2 aromatic rings. The number of rotatable bonds is 5. The summed E-state index contributed by atoms with van der Waals surface area (Å²) in [5.74, 6) is 0.760. The van der Waals surface area contributed by atoms with Crippen LogP contribution in [0.5, 0.6) is 0 Å². The molecule has 0 saturated carbocycles. The molecule has 7 heteroatoms. The lowest BCUT2D eigenvalue weighted by atomic mass is 10.1. The van der Waals surface area contributed by atoms with E-state index in [4.69, 9.17) is 11.6 Å². The first-order chi connectivity index (χ1) is 10.6. The molecule has 4 nitrogen and oxygen atoms in total. The Balaban J connectivity index is 0.00000264. The third kappa shape index (κ3) is 6.27. The molecule has 0 bridgehead atoms. The molecule has 0 aliphatic carbocycles. The topological polar surface area (TPSA) is 49.3 Å². The smallest absolute Gasteiger partial charge is 0.191 e. The number of hydrogen-bond donors (Lipinski definition) is 2. The van der Waals surface area contributed by atoms with Gasteiger partial charge < -0.3 is 10.6 Å².